The fraction of sp³-hybridized carbons (Fsp3) is 0. The van der Waals surface area contributed by atoms with Gasteiger partial charge in [-0.1, -0.05) is 146 Å². The van der Waals surface area contributed by atoms with Crippen LogP contribution in [0.2, 0.25) is 0 Å². The average molecular weight is 758 g/mol. The van der Waals surface area contributed by atoms with E-state index in [1.807, 2.05) is 18.2 Å². The van der Waals surface area contributed by atoms with Crippen molar-refractivity contribution < 1.29 is 4.42 Å². The summed E-state index contributed by atoms with van der Waals surface area (Å²) in [5.74, 6) is 1.91. The Morgan fingerprint density at radius 1 is 0.328 bits per heavy atom. The molecule has 0 N–H and O–H groups in total. The van der Waals surface area contributed by atoms with Gasteiger partial charge in [0.05, 0.1) is 0 Å². The van der Waals surface area contributed by atoms with Gasteiger partial charge in [-0.05, 0) is 86.3 Å². The highest BCUT2D eigenvalue weighted by Gasteiger charge is 2.19. The van der Waals surface area contributed by atoms with Crippen LogP contribution in [0.15, 0.2) is 192 Å². The van der Waals surface area contributed by atoms with Crippen molar-refractivity contribution in [3.8, 4) is 56.4 Å². The molecule has 0 aliphatic heterocycles. The Morgan fingerprint density at radius 3 is 1.84 bits per heavy atom. The minimum atomic E-state index is 0.623. The minimum Gasteiger partial charge on any atom is -0.456 e. The lowest BCUT2D eigenvalue weighted by Gasteiger charge is -2.11. The topological polar surface area (TPSA) is 51.8 Å². The Bertz CT molecular complexity index is 3590. The van der Waals surface area contributed by atoms with Gasteiger partial charge in [0.15, 0.2) is 17.5 Å². The Labute approximate surface area is 337 Å². The maximum atomic E-state index is 6.50. The van der Waals surface area contributed by atoms with E-state index in [4.69, 9.17) is 19.4 Å². The molecule has 5 heteroatoms. The van der Waals surface area contributed by atoms with Crippen LogP contribution in [0.3, 0.4) is 0 Å². The van der Waals surface area contributed by atoms with Crippen LogP contribution in [0.4, 0.5) is 0 Å². The van der Waals surface area contributed by atoms with Gasteiger partial charge in [-0.3, -0.25) is 0 Å². The second-order valence-electron chi connectivity index (χ2n) is 14.7. The number of aromatic nitrogens is 3. The molecule has 4 nitrogen and oxygen atoms in total. The number of nitrogens with zero attached hydrogens (tertiary/aromatic N) is 3. The van der Waals surface area contributed by atoms with Gasteiger partial charge in [0.25, 0.3) is 0 Å². The average Bonchev–Trinajstić information content (AvgIpc) is 3.87. The van der Waals surface area contributed by atoms with Crippen LogP contribution in [-0.4, -0.2) is 15.0 Å². The maximum Gasteiger partial charge on any atom is 0.164 e. The smallest absolute Gasteiger partial charge is 0.164 e. The van der Waals surface area contributed by atoms with E-state index in [9.17, 15) is 0 Å². The van der Waals surface area contributed by atoms with E-state index in [0.29, 0.717) is 17.5 Å². The third-order valence-electron chi connectivity index (χ3n) is 11.3. The molecule has 3 aromatic heterocycles. The molecule has 0 fully saturated rings. The highest BCUT2D eigenvalue weighted by molar-refractivity contribution is 7.25. The van der Waals surface area contributed by atoms with Gasteiger partial charge in [-0.2, -0.15) is 0 Å². The van der Waals surface area contributed by atoms with Crippen molar-refractivity contribution in [3.63, 3.8) is 0 Å². The highest BCUT2D eigenvalue weighted by atomic mass is 32.1. The maximum absolute atomic E-state index is 6.50. The van der Waals surface area contributed by atoms with E-state index in [2.05, 4.69) is 170 Å². The molecule has 0 saturated carbocycles. The first kappa shape index (κ1) is 32.7. The van der Waals surface area contributed by atoms with Gasteiger partial charge in [0.1, 0.15) is 11.2 Å². The fourth-order valence-corrected chi connectivity index (χ4v) is 9.69. The molecular weight excluding hydrogens is 727 g/mol. The summed E-state index contributed by atoms with van der Waals surface area (Å²) in [6, 6.07) is 66.3. The minimum absolute atomic E-state index is 0.623. The summed E-state index contributed by atoms with van der Waals surface area (Å²) >= 11 is 1.79. The van der Waals surface area contributed by atoms with Gasteiger partial charge >= 0.3 is 0 Å². The summed E-state index contributed by atoms with van der Waals surface area (Å²) in [5, 5.41) is 9.53. The molecule has 9 aromatic carbocycles. The van der Waals surface area contributed by atoms with Crippen LogP contribution < -0.4 is 0 Å². The van der Waals surface area contributed by atoms with Crippen molar-refractivity contribution >= 4 is 75.0 Å². The number of fused-ring (bicyclic) bond motifs is 9. The van der Waals surface area contributed by atoms with Crippen molar-refractivity contribution in [1.82, 2.24) is 15.0 Å². The molecule has 12 rings (SSSR count). The number of furan rings is 1. The molecular formula is C53H31N3OS. The van der Waals surface area contributed by atoms with E-state index in [1.54, 1.807) is 11.3 Å². The van der Waals surface area contributed by atoms with Crippen LogP contribution in [-0.2, 0) is 0 Å². The summed E-state index contributed by atoms with van der Waals surface area (Å²) in [6.45, 7) is 0. The third kappa shape index (κ3) is 5.32. The molecule has 0 saturated heterocycles. The largest absolute Gasteiger partial charge is 0.456 e. The lowest BCUT2D eigenvalue weighted by Crippen LogP contribution is -2.00. The molecule has 0 bridgehead atoms. The second kappa shape index (κ2) is 13.1. The second-order valence-corrected chi connectivity index (χ2v) is 15.8. The van der Waals surface area contributed by atoms with Gasteiger partial charge in [-0.15, -0.1) is 11.3 Å². The summed E-state index contributed by atoms with van der Waals surface area (Å²) in [5.41, 5.74) is 9.03. The normalized spacial score (nSPS) is 11.8. The highest BCUT2D eigenvalue weighted by Crippen LogP contribution is 2.42. The van der Waals surface area contributed by atoms with E-state index < -0.39 is 0 Å². The zero-order chi connectivity index (χ0) is 38.2. The molecule has 12 aromatic rings. The number of rotatable bonds is 5. The number of hydrogen-bond donors (Lipinski definition) is 0. The van der Waals surface area contributed by atoms with Gasteiger partial charge in [-0.25, -0.2) is 15.0 Å². The predicted molar refractivity (Wildman–Crippen MR) is 242 cm³/mol. The molecule has 3 heterocycles. The summed E-state index contributed by atoms with van der Waals surface area (Å²) in [7, 11) is 0. The van der Waals surface area contributed by atoms with Crippen LogP contribution in [0, 0.1) is 0 Å². The predicted octanol–water partition coefficient (Wildman–Crippen LogP) is 14.8. The third-order valence-corrected chi connectivity index (χ3v) is 12.5. The van der Waals surface area contributed by atoms with Crippen molar-refractivity contribution in [2.45, 2.75) is 0 Å². The number of benzene rings is 9. The first-order chi connectivity index (χ1) is 28.7. The van der Waals surface area contributed by atoms with E-state index >= 15 is 0 Å². The van der Waals surface area contributed by atoms with Crippen molar-refractivity contribution in [2.24, 2.45) is 0 Å². The van der Waals surface area contributed by atoms with Crippen molar-refractivity contribution in [1.29, 1.82) is 0 Å². The summed E-state index contributed by atoms with van der Waals surface area (Å²) < 4.78 is 8.96. The van der Waals surface area contributed by atoms with Gasteiger partial charge < -0.3 is 4.42 Å². The van der Waals surface area contributed by atoms with Gasteiger partial charge in [0.2, 0.25) is 0 Å². The Kier molecular flexibility index (Phi) is 7.37. The Balaban J connectivity index is 1.01. The lowest BCUT2D eigenvalue weighted by atomic mass is 9.95. The monoisotopic (exact) mass is 757 g/mol. The zero-order valence-electron chi connectivity index (χ0n) is 31.1. The van der Waals surface area contributed by atoms with Gasteiger partial charge in [0, 0.05) is 47.6 Å². The molecule has 0 aliphatic carbocycles. The molecule has 0 unspecified atom stereocenters. The molecule has 270 valence electrons. The summed E-state index contributed by atoms with van der Waals surface area (Å²) in [6.07, 6.45) is 0. The van der Waals surface area contributed by atoms with Crippen LogP contribution >= 0.6 is 11.3 Å². The van der Waals surface area contributed by atoms with Crippen molar-refractivity contribution in [2.75, 3.05) is 0 Å². The summed E-state index contributed by atoms with van der Waals surface area (Å²) in [4.78, 5) is 15.5. The van der Waals surface area contributed by atoms with Crippen LogP contribution in [0.5, 0.6) is 0 Å². The first-order valence-electron chi connectivity index (χ1n) is 19.4. The quantitative estimate of drug-likeness (QED) is 0.164. The van der Waals surface area contributed by atoms with Crippen LogP contribution in [0.1, 0.15) is 0 Å². The molecule has 58 heavy (non-hydrogen) atoms. The molecule has 0 spiro atoms. The van der Waals surface area contributed by atoms with Crippen molar-refractivity contribution in [3.05, 3.63) is 188 Å². The molecule has 0 radical (unpaired) electrons. The Hall–Kier alpha value is -7.47. The first-order valence-corrected chi connectivity index (χ1v) is 20.2. The molecule has 0 atom stereocenters. The van der Waals surface area contributed by atoms with E-state index in [1.165, 1.54) is 47.3 Å². The van der Waals surface area contributed by atoms with E-state index in [0.717, 1.165) is 55.3 Å². The molecule has 0 aliphatic rings. The number of thiophene rings is 1. The fourth-order valence-electron chi connectivity index (χ4n) is 8.56. The number of hydrogen-bond acceptors (Lipinski definition) is 5. The SMILES string of the molecule is c1ccc(-c2nc(-c3cccc(-c4cccc5oc6ccc(-c7ccc8ccc9ccccc9c8c7)cc6c45)c3)nc(-c3cccc4sc5ccccc5c34)n2)cc1. The lowest BCUT2D eigenvalue weighted by molar-refractivity contribution is 0.669. The standard InChI is InChI=1S/C53H31N3OS/c1-2-12-34(13-3-1)51-54-52(56-53(55-51)42-19-10-22-48-50(42)41-17-6-7-21-47(41)58-48)38-15-8-14-37(29-38)40-18-9-20-46-49(40)44-31-36(27-28-45(44)57-46)35-26-25-33-24-23-32-11-4-5-16-39(32)43(33)30-35/h1-31H. The van der Waals surface area contributed by atoms with E-state index in [-0.39, 0.29) is 0 Å². The van der Waals surface area contributed by atoms with Crippen LogP contribution in [0.25, 0.3) is 120 Å². The Morgan fingerprint density at radius 2 is 0.948 bits per heavy atom. The molecule has 0 amide bonds. The zero-order valence-corrected chi connectivity index (χ0v) is 31.9.